The molecule has 0 amide bonds. The predicted molar refractivity (Wildman–Crippen MR) is 60.0 cm³/mol. The van der Waals surface area contributed by atoms with Gasteiger partial charge < -0.3 is 9.84 Å². The molecule has 0 saturated heterocycles. The van der Waals surface area contributed by atoms with Gasteiger partial charge in [-0.3, -0.25) is 0 Å². The summed E-state index contributed by atoms with van der Waals surface area (Å²) in [6.07, 6.45) is 0. The average Bonchev–Trinajstić information content (AvgIpc) is 2.27. The molecular formula is C13H10F2O2. The summed E-state index contributed by atoms with van der Waals surface area (Å²) in [7, 11) is 1.43. The molecule has 2 nitrogen and oxygen atoms in total. The minimum atomic E-state index is -0.657. The van der Waals surface area contributed by atoms with Crippen molar-refractivity contribution in [2.24, 2.45) is 0 Å². The fourth-order valence-corrected chi connectivity index (χ4v) is 1.59. The fraction of sp³-hybridized carbons (Fsp3) is 0.0769. The molecule has 88 valence electrons. The Morgan fingerprint density at radius 2 is 1.59 bits per heavy atom. The van der Waals surface area contributed by atoms with Crippen LogP contribution in [0.3, 0.4) is 0 Å². The minimum absolute atomic E-state index is 0.0744. The van der Waals surface area contributed by atoms with E-state index in [4.69, 9.17) is 4.74 Å². The zero-order valence-electron chi connectivity index (χ0n) is 9.08. The molecule has 0 heterocycles. The number of hydrogen-bond acceptors (Lipinski definition) is 2. The number of phenols is 1. The van der Waals surface area contributed by atoms with Crippen molar-refractivity contribution in [3.63, 3.8) is 0 Å². The normalized spacial score (nSPS) is 10.3. The first kappa shape index (κ1) is 11.4. The van der Waals surface area contributed by atoms with E-state index >= 15 is 0 Å². The van der Waals surface area contributed by atoms with Crippen LogP contribution in [0.2, 0.25) is 0 Å². The van der Waals surface area contributed by atoms with Crippen molar-refractivity contribution in [1.29, 1.82) is 0 Å². The predicted octanol–water partition coefficient (Wildman–Crippen LogP) is 3.35. The monoisotopic (exact) mass is 236 g/mol. The van der Waals surface area contributed by atoms with E-state index in [-0.39, 0.29) is 5.75 Å². The summed E-state index contributed by atoms with van der Waals surface area (Å²) in [5, 5.41) is 9.58. The maximum Gasteiger partial charge on any atom is 0.160 e. The number of ether oxygens (including phenoxy) is 1. The van der Waals surface area contributed by atoms with E-state index in [1.54, 1.807) is 6.07 Å². The summed E-state index contributed by atoms with van der Waals surface area (Å²) in [6.45, 7) is 0. The van der Waals surface area contributed by atoms with Gasteiger partial charge in [0.05, 0.1) is 7.11 Å². The third-order valence-corrected chi connectivity index (χ3v) is 2.37. The number of hydrogen-bond donors (Lipinski definition) is 1. The molecule has 4 heteroatoms. The second-order valence-corrected chi connectivity index (χ2v) is 3.54. The molecule has 1 N–H and O–H groups in total. The first-order chi connectivity index (χ1) is 8.10. The van der Waals surface area contributed by atoms with Crippen LogP contribution in [0.5, 0.6) is 11.5 Å². The van der Waals surface area contributed by atoms with Gasteiger partial charge in [0.2, 0.25) is 0 Å². The summed E-state index contributed by atoms with van der Waals surface area (Å²) in [4.78, 5) is 0. The van der Waals surface area contributed by atoms with Crippen molar-refractivity contribution in [3.05, 3.63) is 48.0 Å². The van der Waals surface area contributed by atoms with Crippen LogP contribution in [-0.4, -0.2) is 12.2 Å². The van der Waals surface area contributed by atoms with E-state index in [2.05, 4.69) is 0 Å². The van der Waals surface area contributed by atoms with Crippen molar-refractivity contribution in [1.82, 2.24) is 0 Å². The van der Waals surface area contributed by atoms with Crippen LogP contribution in [0.25, 0.3) is 11.1 Å². The second kappa shape index (κ2) is 4.41. The highest BCUT2D eigenvalue weighted by Crippen LogP contribution is 2.31. The zero-order valence-corrected chi connectivity index (χ0v) is 9.08. The Morgan fingerprint density at radius 1 is 0.941 bits per heavy atom. The summed E-state index contributed by atoms with van der Waals surface area (Å²) < 4.78 is 31.0. The largest absolute Gasteiger partial charge is 0.504 e. The molecule has 0 aliphatic carbocycles. The van der Waals surface area contributed by atoms with E-state index < -0.39 is 11.6 Å². The number of methoxy groups -OCH3 is 1. The lowest BCUT2D eigenvalue weighted by Gasteiger charge is -2.06. The van der Waals surface area contributed by atoms with Crippen LogP contribution in [-0.2, 0) is 0 Å². The van der Waals surface area contributed by atoms with Crippen LogP contribution < -0.4 is 4.74 Å². The number of benzene rings is 2. The van der Waals surface area contributed by atoms with Gasteiger partial charge in [0.25, 0.3) is 0 Å². The third-order valence-electron chi connectivity index (χ3n) is 2.37. The Morgan fingerprint density at radius 3 is 2.12 bits per heavy atom. The standard InChI is InChI=1S/C13H10F2O2/c1-17-13-3-2-8(6-12(13)16)9-4-10(14)7-11(15)5-9/h2-7,16H,1H3. The quantitative estimate of drug-likeness (QED) is 0.866. The Balaban J connectivity index is 2.49. The molecule has 0 radical (unpaired) electrons. The molecule has 0 aromatic heterocycles. The summed E-state index contributed by atoms with van der Waals surface area (Å²) >= 11 is 0. The molecule has 0 fully saturated rings. The molecule has 0 aliphatic rings. The van der Waals surface area contributed by atoms with Gasteiger partial charge in [-0.1, -0.05) is 6.07 Å². The van der Waals surface area contributed by atoms with Crippen molar-refractivity contribution in [2.45, 2.75) is 0 Å². The van der Waals surface area contributed by atoms with Crippen LogP contribution in [0.1, 0.15) is 0 Å². The lowest BCUT2D eigenvalue weighted by molar-refractivity contribution is 0.373. The number of aromatic hydroxyl groups is 1. The van der Waals surface area contributed by atoms with Crippen LogP contribution >= 0.6 is 0 Å². The van der Waals surface area contributed by atoms with E-state index in [1.807, 2.05) is 0 Å². The van der Waals surface area contributed by atoms with Crippen LogP contribution in [0, 0.1) is 11.6 Å². The Hall–Kier alpha value is -2.10. The molecule has 2 aromatic rings. The minimum Gasteiger partial charge on any atom is -0.504 e. The Kier molecular flexibility index (Phi) is 2.95. The van der Waals surface area contributed by atoms with Crippen LogP contribution in [0.15, 0.2) is 36.4 Å². The third kappa shape index (κ3) is 2.36. The molecule has 0 spiro atoms. The maximum absolute atomic E-state index is 13.0. The maximum atomic E-state index is 13.0. The van der Waals surface area contributed by atoms with E-state index in [1.165, 1.54) is 31.4 Å². The van der Waals surface area contributed by atoms with Gasteiger partial charge in [-0.25, -0.2) is 8.78 Å². The first-order valence-electron chi connectivity index (χ1n) is 4.93. The highest BCUT2D eigenvalue weighted by Gasteiger charge is 2.07. The lowest BCUT2D eigenvalue weighted by Crippen LogP contribution is -1.86. The molecule has 0 atom stereocenters. The molecule has 0 aliphatic heterocycles. The van der Waals surface area contributed by atoms with Crippen LogP contribution in [0.4, 0.5) is 8.78 Å². The van der Waals surface area contributed by atoms with Gasteiger partial charge in [-0.05, 0) is 35.4 Å². The second-order valence-electron chi connectivity index (χ2n) is 3.54. The van der Waals surface area contributed by atoms with E-state index in [0.29, 0.717) is 16.9 Å². The lowest BCUT2D eigenvalue weighted by atomic mass is 10.0. The Bertz CT molecular complexity index is 533. The van der Waals surface area contributed by atoms with Crippen molar-refractivity contribution >= 4 is 0 Å². The SMILES string of the molecule is COc1ccc(-c2cc(F)cc(F)c2)cc1O. The smallest absolute Gasteiger partial charge is 0.160 e. The first-order valence-corrected chi connectivity index (χ1v) is 4.93. The van der Waals surface area contributed by atoms with Gasteiger partial charge in [0.1, 0.15) is 11.6 Å². The molecular weight excluding hydrogens is 226 g/mol. The average molecular weight is 236 g/mol. The van der Waals surface area contributed by atoms with Gasteiger partial charge in [0.15, 0.2) is 11.5 Å². The van der Waals surface area contributed by atoms with Gasteiger partial charge in [0, 0.05) is 6.07 Å². The fourth-order valence-electron chi connectivity index (χ4n) is 1.59. The molecule has 2 rings (SSSR count). The highest BCUT2D eigenvalue weighted by atomic mass is 19.1. The molecule has 0 unspecified atom stereocenters. The summed E-state index contributed by atoms with van der Waals surface area (Å²) in [6, 6.07) is 7.74. The molecule has 0 saturated carbocycles. The van der Waals surface area contributed by atoms with Gasteiger partial charge in [-0.2, -0.15) is 0 Å². The Labute approximate surface area is 97.1 Å². The molecule has 2 aromatic carbocycles. The van der Waals surface area contributed by atoms with Gasteiger partial charge >= 0.3 is 0 Å². The number of halogens is 2. The summed E-state index contributed by atoms with van der Waals surface area (Å²) in [5.41, 5.74) is 0.877. The van der Waals surface area contributed by atoms with Crippen molar-refractivity contribution < 1.29 is 18.6 Å². The topological polar surface area (TPSA) is 29.5 Å². The van der Waals surface area contributed by atoms with E-state index in [9.17, 15) is 13.9 Å². The highest BCUT2D eigenvalue weighted by molar-refractivity contribution is 5.67. The molecule has 0 bridgehead atoms. The zero-order chi connectivity index (χ0) is 12.4. The number of rotatable bonds is 2. The molecule has 17 heavy (non-hydrogen) atoms. The van der Waals surface area contributed by atoms with Gasteiger partial charge in [-0.15, -0.1) is 0 Å². The van der Waals surface area contributed by atoms with Crippen molar-refractivity contribution in [3.8, 4) is 22.6 Å². The van der Waals surface area contributed by atoms with Crippen molar-refractivity contribution in [2.75, 3.05) is 7.11 Å². The number of phenolic OH excluding ortho intramolecular Hbond substituents is 1. The van der Waals surface area contributed by atoms with E-state index in [0.717, 1.165) is 6.07 Å². The summed E-state index contributed by atoms with van der Waals surface area (Å²) in [5.74, 6) is -1.08.